The quantitative estimate of drug-likeness (QED) is 0.399. The van der Waals surface area contributed by atoms with Gasteiger partial charge in [0, 0.05) is 29.2 Å². The van der Waals surface area contributed by atoms with Crippen LogP contribution in [0.1, 0.15) is 5.56 Å². The van der Waals surface area contributed by atoms with Crippen LogP contribution in [0.25, 0.3) is 0 Å². The molecule has 0 atom stereocenters. The summed E-state index contributed by atoms with van der Waals surface area (Å²) in [5, 5.41) is 24.0. The van der Waals surface area contributed by atoms with E-state index in [4.69, 9.17) is 0 Å². The summed E-state index contributed by atoms with van der Waals surface area (Å²) in [6, 6.07) is 21.5. The highest BCUT2D eigenvalue weighted by atomic mass is 16.6. The second-order valence-electron chi connectivity index (χ2n) is 5.27. The molecule has 0 aromatic heterocycles. The van der Waals surface area contributed by atoms with Crippen molar-refractivity contribution in [3.05, 3.63) is 88.5 Å². The van der Waals surface area contributed by atoms with Crippen LogP contribution in [0.15, 0.2) is 77.8 Å². The average molecular weight is 333 g/mol. The van der Waals surface area contributed by atoms with Crippen LogP contribution in [0.2, 0.25) is 0 Å². The first kappa shape index (κ1) is 16.2. The number of hydrogen-bond acceptors (Lipinski definition) is 5. The summed E-state index contributed by atoms with van der Waals surface area (Å²) < 4.78 is 0. The number of phenolic OH excluding ortho intramolecular Hbond substituents is 1. The number of rotatable bonds is 5. The van der Waals surface area contributed by atoms with Crippen molar-refractivity contribution >= 4 is 29.0 Å². The molecule has 3 rings (SSSR count). The molecule has 6 nitrogen and oxygen atoms in total. The van der Waals surface area contributed by atoms with Crippen LogP contribution in [0, 0.1) is 10.1 Å². The van der Waals surface area contributed by atoms with Gasteiger partial charge in [0.1, 0.15) is 0 Å². The average Bonchev–Trinajstić information content (AvgIpc) is 2.63. The monoisotopic (exact) mass is 333 g/mol. The number of anilines is 2. The summed E-state index contributed by atoms with van der Waals surface area (Å²) in [5.41, 5.74) is 2.53. The van der Waals surface area contributed by atoms with Crippen molar-refractivity contribution < 1.29 is 10.0 Å². The number of phenols is 1. The van der Waals surface area contributed by atoms with E-state index >= 15 is 0 Å². The molecule has 0 aliphatic carbocycles. The second-order valence-corrected chi connectivity index (χ2v) is 5.27. The molecule has 124 valence electrons. The fraction of sp³-hybridized carbons (Fsp3) is 0. The molecule has 0 radical (unpaired) electrons. The zero-order valence-electron chi connectivity index (χ0n) is 13.2. The van der Waals surface area contributed by atoms with E-state index in [2.05, 4.69) is 10.3 Å². The highest BCUT2D eigenvalue weighted by molar-refractivity contribution is 5.87. The highest BCUT2D eigenvalue weighted by Gasteiger charge is 2.14. The third-order valence-electron chi connectivity index (χ3n) is 3.53. The first-order valence-corrected chi connectivity index (χ1v) is 7.56. The topological polar surface area (TPSA) is 87.8 Å². The molecule has 0 saturated carbocycles. The largest absolute Gasteiger partial charge is 0.502 e. The minimum Gasteiger partial charge on any atom is -0.502 e. The summed E-state index contributed by atoms with van der Waals surface area (Å²) in [6.45, 7) is 0. The van der Waals surface area contributed by atoms with Crippen LogP contribution in [0.3, 0.4) is 0 Å². The molecule has 3 aromatic carbocycles. The van der Waals surface area contributed by atoms with Crippen LogP contribution in [0.5, 0.6) is 5.75 Å². The number of benzene rings is 3. The van der Waals surface area contributed by atoms with Crippen molar-refractivity contribution in [2.24, 2.45) is 4.99 Å². The molecule has 2 N–H and O–H groups in total. The van der Waals surface area contributed by atoms with Gasteiger partial charge in [-0.3, -0.25) is 15.1 Å². The van der Waals surface area contributed by atoms with Crippen LogP contribution in [0.4, 0.5) is 22.7 Å². The van der Waals surface area contributed by atoms with Crippen molar-refractivity contribution in [3.63, 3.8) is 0 Å². The fourth-order valence-electron chi connectivity index (χ4n) is 2.26. The third kappa shape index (κ3) is 4.00. The predicted molar refractivity (Wildman–Crippen MR) is 98.2 cm³/mol. The number of aliphatic imine (C=N–C) groups is 1. The lowest BCUT2D eigenvalue weighted by Crippen LogP contribution is -1.91. The zero-order chi connectivity index (χ0) is 17.6. The lowest BCUT2D eigenvalue weighted by atomic mass is 10.2. The lowest BCUT2D eigenvalue weighted by molar-refractivity contribution is -0.385. The van der Waals surface area contributed by atoms with E-state index in [0.29, 0.717) is 11.3 Å². The van der Waals surface area contributed by atoms with E-state index in [1.807, 2.05) is 54.6 Å². The molecule has 0 aliphatic heterocycles. The van der Waals surface area contributed by atoms with Gasteiger partial charge in [0.2, 0.25) is 5.75 Å². The standard InChI is InChI=1S/C19H15N3O3/c23-19-14(5-4-8-18(19)22(24)25)13-20-15-9-11-17(12-10-15)21-16-6-2-1-3-7-16/h1-13,21,23H. The molecule has 0 aliphatic rings. The van der Waals surface area contributed by atoms with Gasteiger partial charge in [-0.25, -0.2) is 0 Å². The zero-order valence-corrected chi connectivity index (χ0v) is 13.2. The van der Waals surface area contributed by atoms with Crippen molar-refractivity contribution in [3.8, 4) is 5.75 Å². The molecule has 6 heteroatoms. The van der Waals surface area contributed by atoms with Gasteiger partial charge >= 0.3 is 5.69 Å². The van der Waals surface area contributed by atoms with E-state index in [-0.39, 0.29) is 5.69 Å². The van der Waals surface area contributed by atoms with Gasteiger partial charge in [-0.05, 0) is 42.5 Å². The Hall–Kier alpha value is -3.67. The van der Waals surface area contributed by atoms with Gasteiger partial charge in [-0.15, -0.1) is 0 Å². The van der Waals surface area contributed by atoms with Gasteiger partial charge in [0.25, 0.3) is 0 Å². The number of nitrogens with one attached hydrogen (secondary N) is 1. The molecule has 0 saturated heterocycles. The van der Waals surface area contributed by atoms with E-state index in [1.54, 1.807) is 6.07 Å². The van der Waals surface area contributed by atoms with Gasteiger partial charge in [0.15, 0.2) is 0 Å². The first-order chi connectivity index (χ1) is 12.1. The Labute approximate surface area is 144 Å². The Morgan fingerprint density at radius 2 is 1.60 bits per heavy atom. The molecular weight excluding hydrogens is 318 g/mol. The second kappa shape index (κ2) is 7.27. The Morgan fingerprint density at radius 1 is 0.920 bits per heavy atom. The Balaban J connectivity index is 1.74. The molecule has 0 spiro atoms. The Morgan fingerprint density at radius 3 is 2.28 bits per heavy atom. The van der Waals surface area contributed by atoms with Gasteiger partial charge in [-0.1, -0.05) is 24.3 Å². The molecule has 0 unspecified atom stereocenters. The van der Waals surface area contributed by atoms with E-state index in [9.17, 15) is 15.2 Å². The van der Waals surface area contributed by atoms with Gasteiger partial charge in [0.05, 0.1) is 10.6 Å². The molecule has 0 fully saturated rings. The molecule has 3 aromatic rings. The lowest BCUT2D eigenvalue weighted by Gasteiger charge is -2.06. The Bertz CT molecular complexity index is 907. The maximum atomic E-state index is 10.8. The van der Waals surface area contributed by atoms with Gasteiger partial charge in [-0.2, -0.15) is 0 Å². The van der Waals surface area contributed by atoms with Crippen molar-refractivity contribution in [2.45, 2.75) is 0 Å². The number of para-hydroxylation sites is 2. The molecular formula is C19H15N3O3. The van der Waals surface area contributed by atoms with E-state index < -0.39 is 10.7 Å². The molecule has 0 bridgehead atoms. The first-order valence-electron chi connectivity index (χ1n) is 7.56. The Kier molecular flexibility index (Phi) is 4.71. The summed E-state index contributed by atoms with van der Waals surface area (Å²) in [5.74, 6) is -0.390. The number of aromatic hydroxyl groups is 1. The third-order valence-corrected chi connectivity index (χ3v) is 3.53. The minimum atomic E-state index is -0.628. The van der Waals surface area contributed by atoms with Crippen LogP contribution in [-0.4, -0.2) is 16.2 Å². The summed E-state index contributed by atoms with van der Waals surface area (Å²) in [4.78, 5) is 14.5. The SMILES string of the molecule is O=[N+]([O-])c1cccc(C=Nc2ccc(Nc3ccccc3)cc2)c1O. The number of hydrogen-bond donors (Lipinski definition) is 2. The minimum absolute atomic E-state index is 0.292. The number of nitro groups is 1. The summed E-state index contributed by atoms with van der Waals surface area (Å²) >= 11 is 0. The summed E-state index contributed by atoms with van der Waals surface area (Å²) in [6.07, 6.45) is 1.40. The molecule has 0 amide bonds. The smallest absolute Gasteiger partial charge is 0.311 e. The van der Waals surface area contributed by atoms with Crippen molar-refractivity contribution in [1.82, 2.24) is 0 Å². The molecule has 0 heterocycles. The van der Waals surface area contributed by atoms with Gasteiger partial charge < -0.3 is 10.4 Å². The van der Waals surface area contributed by atoms with E-state index in [1.165, 1.54) is 18.3 Å². The number of nitrogens with zero attached hydrogens (tertiary/aromatic N) is 2. The van der Waals surface area contributed by atoms with Crippen molar-refractivity contribution in [2.75, 3.05) is 5.32 Å². The maximum Gasteiger partial charge on any atom is 0.311 e. The summed E-state index contributed by atoms with van der Waals surface area (Å²) in [7, 11) is 0. The molecule has 25 heavy (non-hydrogen) atoms. The highest BCUT2D eigenvalue weighted by Crippen LogP contribution is 2.28. The predicted octanol–water partition coefficient (Wildman–Crippen LogP) is 4.79. The number of nitro benzene ring substituents is 1. The fourth-order valence-corrected chi connectivity index (χ4v) is 2.26. The normalized spacial score (nSPS) is 10.7. The van der Waals surface area contributed by atoms with E-state index in [0.717, 1.165) is 11.4 Å². The van der Waals surface area contributed by atoms with Crippen LogP contribution < -0.4 is 5.32 Å². The van der Waals surface area contributed by atoms with Crippen molar-refractivity contribution in [1.29, 1.82) is 0 Å². The maximum absolute atomic E-state index is 10.8. The van der Waals surface area contributed by atoms with Crippen LogP contribution >= 0.6 is 0 Å². The van der Waals surface area contributed by atoms with Crippen LogP contribution in [-0.2, 0) is 0 Å².